The third-order valence-corrected chi connectivity index (χ3v) is 5.13. The second kappa shape index (κ2) is 7.02. The van der Waals surface area contributed by atoms with Gasteiger partial charge in [-0.3, -0.25) is 8.97 Å². The van der Waals surface area contributed by atoms with Gasteiger partial charge in [0.2, 0.25) is 11.6 Å². The molecule has 0 aliphatic rings. The van der Waals surface area contributed by atoms with Gasteiger partial charge in [0.15, 0.2) is 69.8 Å². The molecule has 0 saturated carbocycles. The zero-order chi connectivity index (χ0) is 25.8. The van der Waals surface area contributed by atoms with Gasteiger partial charge in [0.25, 0.3) is 0 Å². The Kier molecular flexibility index (Phi) is 4.57. The maximum atomic E-state index is 14.7. The predicted molar refractivity (Wildman–Crippen MR) is 89.0 cm³/mol. The molecule has 2 heterocycles. The number of nitrogens with zero attached hydrogens (tertiary/aromatic N) is 3. The van der Waals surface area contributed by atoms with Gasteiger partial charge in [-0.05, 0) is 0 Å². The molecule has 16 heteroatoms. The van der Waals surface area contributed by atoms with E-state index in [1.54, 1.807) is 0 Å². The Bertz CT molecular complexity index is 1750. The van der Waals surface area contributed by atoms with E-state index in [1.165, 1.54) is 0 Å². The van der Waals surface area contributed by atoms with E-state index in [0.29, 0.717) is 0 Å². The van der Waals surface area contributed by atoms with E-state index >= 15 is 0 Å². The van der Waals surface area contributed by atoms with Crippen LogP contribution in [0.25, 0.3) is 33.5 Å². The van der Waals surface area contributed by atoms with Crippen LogP contribution in [0.2, 0.25) is 0 Å². The number of imidazole rings is 2. The quantitative estimate of drug-likeness (QED) is 0.147. The number of benzene rings is 3. The zero-order valence-electron chi connectivity index (χ0n) is 15.8. The van der Waals surface area contributed by atoms with E-state index in [4.69, 9.17) is 0 Å². The molecular weight excluding hydrogens is 517 g/mol. The summed E-state index contributed by atoms with van der Waals surface area (Å²) in [5.74, 6) is -34.9. The van der Waals surface area contributed by atoms with Gasteiger partial charge in [-0.25, -0.2) is 62.1 Å². The Morgan fingerprint density at radius 1 is 0.371 bits per heavy atom. The molecule has 5 aromatic rings. The van der Waals surface area contributed by atoms with E-state index < -0.39 is 114 Å². The topological polar surface area (TPSA) is 22.2 Å². The normalized spacial score (nSPS) is 12.1. The van der Waals surface area contributed by atoms with Gasteiger partial charge in [0.1, 0.15) is 27.8 Å². The molecule has 5 rings (SSSR count). The summed E-state index contributed by atoms with van der Waals surface area (Å²) in [6.45, 7) is 0. The monoisotopic (exact) mass is 517 g/mol. The molecule has 0 aliphatic carbocycles. The first-order valence-electron chi connectivity index (χ1n) is 8.75. The summed E-state index contributed by atoms with van der Waals surface area (Å²) in [5, 5.41) is 0. The molecular formula is C19F13N3. The summed E-state index contributed by atoms with van der Waals surface area (Å²) < 4.78 is 183. The highest BCUT2D eigenvalue weighted by Gasteiger charge is 2.36. The van der Waals surface area contributed by atoms with Crippen molar-refractivity contribution in [3.8, 4) is 5.69 Å². The molecule has 35 heavy (non-hydrogen) atoms. The van der Waals surface area contributed by atoms with Crippen molar-refractivity contribution in [2.24, 2.45) is 0 Å². The van der Waals surface area contributed by atoms with Crippen LogP contribution in [0.4, 0.5) is 57.1 Å². The largest absolute Gasteiger partial charge is 0.270 e. The second-order valence-electron chi connectivity index (χ2n) is 6.91. The third-order valence-electron chi connectivity index (χ3n) is 5.13. The van der Waals surface area contributed by atoms with Gasteiger partial charge >= 0.3 is 0 Å². The maximum Gasteiger partial charge on any atom is 0.221 e. The van der Waals surface area contributed by atoms with E-state index in [2.05, 4.69) is 4.98 Å². The van der Waals surface area contributed by atoms with Crippen molar-refractivity contribution >= 4 is 27.8 Å². The Balaban J connectivity index is 2.21. The van der Waals surface area contributed by atoms with Gasteiger partial charge < -0.3 is 0 Å². The summed E-state index contributed by atoms with van der Waals surface area (Å²) in [6.07, 6.45) is 0. The van der Waals surface area contributed by atoms with Crippen LogP contribution in [-0.4, -0.2) is 14.0 Å². The lowest BCUT2D eigenvalue weighted by molar-refractivity contribution is 0.376. The number of hydrogen-bond acceptors (Lipinski definition) is 1. The molecule has 0 saturated heterocycles. The third kappa shape index (κ3) is 2.56. The Morgan fingerprint density at radius 3 is 1.26 bits per heavy atom. The fourth-order valence-corrected chi connectivity index (χ4v) is 3.64. The lowest BCUT2D eigenvalue weighted by Crippen LogP contribution is -2.11. The zero-order valence-corrected chi connectivity index (χ0v) is 15.8. The van der Waals surface area contributed by atoms with Crippen LogP contribution in [0, 0.1) is 75.6 Å². The minimum Gasteiger partial charge on any atom is -0.270 e. The molecule has 0 spiro atoms. The molecule has 0 aliphatic heterocycles. The van der Waals surface area contributed by atoms with Crippen molar-refractivity contribution < 1.29 is 57.1 Å². The smallest absolute Gasteiger partial charge is 0.221 e. The first-order chi connectivity index (χ1) is 16.3. The van der Waals surface area contributed by atoms with E-state index in [0.717, 1.165) is 0 Å². The fraction of sp³-hybridized carbons (Fsp3) is 0. The highest BCUT2D eigenvalue weighted by molar-refractivity contribution is 5.93. The molecule has 0 atom stereocenters. The lowest BCUT2D eigenvalue weighted by atomic mass is 10.2. The predicted octanol–water partition coefficient (Wildman–Crippen LogP) is 6.24. The summed E-state index contributed by atoms with van der Waals surface area (Å²) in [5.41, 5.74) is -8.85. The fourth-order valence-electron chi connectivity index (χ4n) is 3.64. The Morgan fingerprint density at radius 2 is 0.743 bits per heavy atom. The lowest BCUT2D eigenvalue weighted by Gasteiger charge is -2.11. The summed E-state index contributed by atoms with van der Waals surface area (Å²) in [6, 6.07) is 0. The minimum atomic E-state index is -2.73. The summed E-state index contributed by atoms with van der Waals surface area (Å²) in [7, 11) is 0. The molecule has 3 nitrogen and oxygen atoms in total. The van der Waals surface area contributed by atoms with E-state index in [9.17, 15) is 57.1 Å². The minimum absolute atomic E-state index is 0.245. The number of halogens is 13. The highest BCUT2D eigenvalue weighted by Crippen LogP contribution is 2.39. The van der Waals surface area contributed by atoms with E-state index in [-0.39, 0.29) is 4.40 Å². The second-order valence-corrected chi connectivity index (χ2v) is 6.91. The maximum absolute atomic E-state index is 14.7. The summed E-state index contributed by atoms with van der Waals surface area (Å²) in [4.78, 5) is 3.15. The van der Waals surface area contributed by atoms with Crippen molar-refractivity contribution in [3.05, 3.63) is 75.6 Å². The van der Waals surface area contributed by atoms with Crippen LogP contribution in [0.3, 0.4) is 0 Å². The van der Waals surface area contributed by atoms with Crippen LogP contribution in [-0.2, 0) is 0 Å². The SMILES string of the molecule is Fc1c(F)c(F)c(-n2c3c(F)c(F)c(F)c(F)c3n3c4c(F)c(F)c(F)c(F)c4nc23)c(F)c1F. The van der Waals surface area contributed by atoms with E-state index in [1.807, 2.05) is 0 Å². The van der Waals surface area contributed by atoms with Crippen molar-refractivity contribution in [2.45, 2.75) is 0 Å². The first kappa shape index (κ1) is 22.8. The number of hydrogen-bond donors (Lipinski definition) is 0. The Labute approximate surface area is 181 Å². The molecule has 0 N–H and O–H groups in total. The molecule has 0 unspecified atom stereocenters. The molecule has 3 aromatic carbocycles. The molecule has 0 bridgehead atoms. The molecule has 0 amide bonds. The van der Waals surface area contributed by atoms with Gasteiger partial charge in [0.05, 0.1) is 0 Å². The average molecular weight is 517 g/mol. The molecule has 182 valence electrons. The number of fused-ring (bicyclic) bond motifs is 5. The van der Waals surface area contributed by atoms with Gasteiger partial charge in [0, 0.05) is 0 Å². The summed E-state index contributed by atoms with van der Waals surface area (Å²) >= 11 is 0. The molecule has 2 aromatic heterocycles. The number of aromatic nitrogens is 3. The van der Waals surface area contributed by atoms with Crippen molar-refractivity contribution in [1.29, 1.82) is 0 Å². The van der Waals surface area contributed by atoms with Gasteiger partial charge in [-0.2, -0.15) is 0 Å². The highest BCUT2D eigenvalue weighted by atomic mass is 19.2. The van der Waals surface area contributed by atoms with Gasteiger partial charge in [-0.15, -0.1) is 0 Å². The van der Waals surface area contributed by atoms with Gasteiger partial charge in [-0.1, -0.05) is 0 Å². The van der Waals surface area contributed by atoms with Crippen LogP contribution >= 0.6 is 0 Å². The van der Waals surface area contributed by atoms with Crippen LogP contribution < -0.4 is 0 Å². The number of rotatable bonds is 1. The first-order valence-corrected chi connectivity index (χ1v) is 8.75. The van der Waals surface area contributed by atoms with Crippen LogP contribution in [0.1, 0.15) is 0 Å². The van der Waals surface area contributed by atoms with Crippen molar-refractivity contribution in [1.82, 2.24) is 14.0 Å². The van der Waals surface area contributed by atoms with Crippen molar-refractivity contribution in [3.63, 3.8) is 0 Å². The average Bonchev–Trinajstić information content (AvgIpc) is 3.37. The van der Waals surface area contributed by atoms with Crippen LogP contribution in [0.5, 0.6) is 0 Å². The van der Waals surface area contributed by atoms with Crippen molar-refractivity contribution in [2.75, 3.05) is 0 Å². The Hall–Kier alpha value is -3.98. The van der Waals surface area contributed by atoms with Crippen LogP contribution in [0.15, 0.2) is 0 Å². The standard InChI is InChI=1S/C19F13N3/c20-1-3(22)9(28)15(10(29)4(1)23)34-17-12(31)6(25)7(26)13(32)18(17)35-16-11(30)5(24)2(21)8(27)14(16)33-19(34)35. The molecule has 0 radical (unpaired) electrons. The molecule has 0 fully saturated rings.